The van der Waals surface area contributed by atoms with Crippen LogP contribution < -0.4 is 0 Å². The summed E-state index contributed by atoms with van der Waals surface area (Å²) < 4.78 is 0.890. The molecule has 0 spiro atoms. The molecule has 0 aliphatic rings. The Labute approximate surface area is 54.6 Å². The van der Waals surface area contributed by atoms with Crippen LogP contribution in [0.1, 0.15) is 13.3 Å². The number of carbonyl (C=O) groups is 1. The van der Waals surface area contributed by atoms with Gasteiger partial charge >= 0.3 is 54.3 Å². The van der Waals surface area contributed by atoms with Crippen LogP contribution >= 0.6 is 0 Å². The van der Waals surface area contributed by atoms with Gasteiger partial charge in [-0.15, -0.1) is 0 Å². The van der Waals surface area contributed by atoms with Crippen molar-refractivity contribution < 1.29 is 4.79 Å². The van der Waals surface area contributed by atoms with Crippen LogP contribution in [-0.2, 0) is 4.79 Å². The Morgan fingerprint density at radius 3 is 2.43 bits per heavy atom. The van der Waals surface area contributed by atoms with E-state index in [1.54, 1.807) is 0 Å². The van der Waals surface area contributed by atoms with Gasteiger partial charge in [0.25, 0.3) is 0 Å². The second kappa shape index (κ2) is 4.61. The van der Waals surface area contributed by atoms with Crippen molar-refractivity contribution in [3.05, 3.63) is 0 Å². The summed E-state index contributed by atoms with van der Waals surface area (Å²) >= 11 is 0.0692. The van der Waals surface area contributed by atoms with Crippen molar-refractivity contribution in [2.45, 2.75) is 22.8 Å². The summed E-state index contributed by atoms with van der Waals surface area (Å²) in [6.45, 7) is 1.92. The Morgan fingerprint density at radius 2 is 2.29 bits per heavy atom. The van der Waals surface area contributed by atoms with E-state index in [4.69, 9.17) is 0 Å². The molecule has 0 aliphatic heterocycles. The Hall–Kier alpha value is 0.460. The minimum absolute atomic E-state index is 0.0692. The van der Waals surface area contributed by atoms with Gasteiger partial charge in [-0.1, -0.05) is 0 Å². The van der Waals surface area contributed by atoms with Crippen molar-refractivity contribution in [1.82, 2.24) is 0 Å². The Balaban J connectivity index is 3.00. The maximum atomic E-state index is 10.4. The van der Waals surface area contributed by atoms with Crippen molar-refractivity contribution in [2.75, 3.05) is 0 Å². The van der Waals surface area contributed by atoms with Gasteiger partial charge in [0, 0.05) is 0 Å². The first-order chi connectivity index (χ1) is 3.31. The molecule has 0 fully saturated rings. The fourth-order valence-corrected chi connectivity index (χ4v) is 1.76. The molecular weight excluding hydrogens is 204 g/mol. The first-order valence-corrected chi connectivity index (χ1v) is 6.29. The number of rotatable bonds is 3. The fraction of sp³-hybridized carbons (Fsp3) is 0.800. The summed E-state index contributed by atoms with van der Waals surface area (Å²) in [6.07, 6.45) is 0.735. The molecule has 1 nitrogen and oxygen atoms in total. The van der Waals surface area contributed by atoms with Gasteiger partial charge < -0.3 is 0 Å². The van der Waals surface area contributed by atoms with E-state index in [1.165, 1.54) is 0 Å². The molecule has 0 N–H and O–H groups in total. The number of hydrogen-bond acceptors (Lipinski definition) is 1. The monoisotopic (exact) mass is 216 g/mol. The van der Waals surface area contributed by atoms with E-state index >= 15 is 0 Å². The fourth-order valence-electron chi connectivity index (χ4n) is 0.263. The van der Waals surface area contributed by atoms with Gasteiger partial charge in [-0.3, -0.25) is 0 Å². The molecule has 0 aliphatic carbocycles. The molecule has 0 atom stereocenters. The summed E-state index contributed by atoms with van der Waals surface area (Å²) in [5.41, 5.74) is 0. The van der Waals surface area contributed by atoms with E-state index < -0.39 is 0 Å². The van der Waals surface area contributed by atoms with Crippen LogP contribution in [0.4, 0.5) is 0 Å². The third-order valence-electron chi connectivity index (χ3n) is 0.700. The van der Waals surface area contributed by atoms with Crippen molar-refractivity contribution in [3.63, 3.8) is 0 Å². The standard InChI is InChI=1S/C5H10OTe/c1-3-5(6)4-7-2/h3-4H2,1-2H3. The van der Waals surface area contributed by atoms with Gasteiger partial charge in [-0.25, -0.2) is 0 Å². The number of hydrogen-bond donors (Lipinski definition) is 0. The molecule has 0 amide bonds. The average molecular weight is 214 g/mol. The summed E-state index contributed by atoms with van der Waals surface area (Å²) in [6, 6.07) is 0. The van der Waals surface area contributed by atoms with Crippen LogP contribution in [-0.4, -0.2) is 26.7 Å². The summed E-state index contributed by atoms with van der Waals surface area (Å²) in [5, 5.41) is 0. The van der Waals surface area contributed by atoms with E-state index in [2.05, 4.69) is 4.97 Å². The zero-order valence-corrected chi connectivity index (χ0v) is 7.06. The summed E-state index contributed by atoms with van der Waals surface area (Å²) in [4.78, 5) is 12.6. The molecule has 0 heterocycles. The van der Waals surface area contributed by atoms with Crippen molar-refractivity contribution >= 4 is 26.7 Å². The van der Waals surface area contributed by atoms with Gasteiger partial charge in [0.1, 0.15) is 0 Å². The molecule has 7 heavy (non-hydrogen) atoms. The van der Waals surface area contributed by atoms with Gasteiger partial charge in [0.05, 0.1) is 0 Å². The van der Waals surface area contributed by atoms with Crippen LogP contribution in [0.15, 0.2) is 0 Å². The third kappa shape index (κ3) is 4.31. The first-order valence-electron chi connectivity index (χ1n) is 2.32. The maximum absolute atomic E-state index is 10.4. The van der Waals surface area contributed by atoms with Gasteiger partial charge in [-0.05, 0) is 0 Å². The number of Topliss-reactive ketones (excluding diaryl/α,β-unsaturated/α-hetero) is 1. The molecule has 0 aromatic heterocycles. The molecule has 0 bridgehead atoms. The van der Waals surface area contributed by atoms with Crippen LogP contribution in [0, 0.1) is 0 Å². The topological polar surface area (TPSA) is 17.1 Å². The molecule has 0 radical (unpaired) electrons. The summed E-state index contributed by atoms with van der Waals surface area (Å²) in [7, 11) is 0. The van der Waals surface area contributed by atoms with E-state index in [9.17, 15) is 4.79 Å². The minimum atomic E-state index is 0.0692. The van der Waals surface area contributed by atoms with Crippen LogP contribution in [0.25, 0.3) is 0 Å². The zero-order valence-electron chi connectivity index (χ0n) is 4.73. The van der Waals surface area contributed by atoms with Crippen molar-refractivity contribution in [2.24, 2.45) is 0 Å². The second-order valence-corrected chi connectivity index (χ2v) is 3.80. The Kier molecular flexibility index (Phi) is 4.92. The molecule has 0 aromatic carbocycles. The van der Waals surface area contributed by atoms with Crippen molar-refractivity contribution in [3.8, 4) is 0 Å². The van der Waals surface area contributed by atoms with E-state index in [-0.39, 0.29) is 20.9 Å². The molecular formula is C5H10OTe. The second-order valence-electron chi connectivity index (χ2n) is 1.33. The third-order valence-corrected chi connectivity index (χ3v) is 2.44. The number of ketones is 1. The van der Waals surface area contributed by atoms with Gasteiger partial charge in [0.15, 0.2) is 0 Å². The van der Waals surface area contributed by atoms with Crippen LogP contribution in [0.5, 0.6) is 0 Å². The van der Waals surface area contributed by atoms with E-state index in [0.29, 0.717) is 5.78 Å². The zero-order chi connectivity index (χ0) is 5.70. The molecule has 42 valence electrons. The quantitative estimate of drug-likeness (QED) is 0.643. The first kappa shape index (κ1) is 7.46. The molecule has 0 aromatic rings. The Bertz CT molecular complexity index is 61.1. The SMILES string of the molecule is CCC(=O)C[Te]C. The normalized spacial score (nSPS) is 8.86. The number of carbonyl (C=O) groups excluding carboxylic acids is 1. The molecule has 2 heteroatoms. The van der Waals surface area contributed by atoms with E-state index in [1.807, 2.05) is 6.92 Å². The Morgan fingerprint density at radius 1 is 1.71 bits per heavy atom. The predicted molar refractivity (Wildman–Crippen MR) is 31.7 cm³/mol. The predicted octanol–water partition coefficient (Wildman–Crippen LogP) is 1.14. The molecule has 0 saturated carbocycles. The molecule has 0 unspecified atom stereocenters. The average Bonchev–Trinajstić information content (AvgIpc) is 1.68. The van der Waals surface area contributed by atoms with Gasteiger partial charge in [0.2, 0.25) is 0 Å². The van der Waals surface area contributed by atoms with Crippen LogP contribution in [0.2, 0.25) is 9.44 Å². The molecule has 0 rings (SSSR count). The van der Waals surface area contributed by atoms with E-state index in [0.717, 1.165) is 10.9 Å². The molecule has 0 saturated heterocycles. The van der Waals surface area contributed by atoms with Gasteiger partial charge in [-0.2, -0.15) is 0 Å². The van der Waals surface area contributed by atoms with Crippen molar-refractivity contribution in [1.29, 1.82) is 0 Å². The summed E-state index contributed by atoms with van der Waals surface area (Å²) in [5.74, 6) is 0.435. The van der Waals surface area contributed by atoms with Crippen LogP contribution in [0.3, 0.4) is 0 Å².